The fourth-order valence-electron chi connectivity index (χ4n) is 8.92. The van der Waals surface area contributed by atoms with E-state index in [1.807, 2.05) is 33.1 Å². The monoisotopic (exact) mass is 783 g/mol. The lowest BCUT2D eigenvalue weighted by molar-refractivity contribution is -0.153. The van der Waals surface area contributed by atoms with Gasteiger partial charge in [-0.15, -0.1) is 0 Å². The molecule has 9 N–H and O–H groups in total. The predicted molar refractivity (Wildman–Crippen MR) is 216 cm³/mol. The number of rotatable bonds is 16. The molecule has 0 aliphatic heterocycles. The van der Waals surface area contributed by atoms with Crippen LogP contribution in [0.1, 0.15) is 119 Å². The molecule has 0 heterocycles. The topological polar surface area (TPSA) is 228 Å². The zero-order valence-electron chi connectivity index (χ0n) is 34.4. The van der Waals surface area contributed by atoms with Gasteiger partial charge in [0.2, 0.25) is 5.91 Å². The maximum Gasteiger partial charge on any atom is 0.316 e. The van der Waals surface area contributed by atoms with E-state index in [4.69, 9.17) is 26.7 Å². The number of hydrogen-bond acceptors (Lipinski definition) is 12. The van der Waals surface area contributed by atoms with Crippen LogP contribution < -0.4 is 22.9 Å². The molecule has 12 nitrogen and oxygen atoms in total. The molecule has 1 amide bonds. The Labute approximate surface area is 329 Å². The molecule has 0 aromatic carbocycles. The minimum absolute atomic E-state index is 0.00553. The number of primary amides is 1. The second kappa shape index (κ2) is 25.2. The van der Waals surface area contributed by atoms with Gasteiger partial charge in [-0.25, -0.2) is 0 Å². The van der Waals surface area contributed by atoms with Gasteiger partial charge >= 0.3 is 5.97 Å². The Balaban J connectivity index is 0.000000497. The zero-order valence-corrected chi connectivity index (χ0v) is 35.2. The number of aliphatic hydroxyl groups excluding tert-OH is 1. The summed E-state index contributed by atoms with van der Waals surface area (Å²) < 4.78 is 10.3. The number of hydrogen-bond donors (Lipinski definition) is 5. The van der Waals surface area contributed by atoms with Crippen LogP contribution >= 0.6 is 11.8 Å². The number of ether oxygens (including phenoxy) is 2. The second-order valence-electron chi connectivity index (χ2n) is 16.1. The molecule has 3 saturated carbocycles. The van der Waals surface area contributed by atoms with E-state index < -0.39 is 12.0 Å². The highest BCUT2D eigenvalue weighted by molar-refractivity contribution is 7.99. The minimum Gasteiger partial charge on any atom is -0.457 e. The summed E-state index contributed by atoms with van der Waals surface area (Å²) in [5, 5.41) is 11.4. The Bertz CT molecular complexity index is 1230. The van der Waals surface area contributed by atoms with E-state index in [1.54, 1.807) is 0 Å². The van der Waals surface area contributed by atoms with Crippen molar-refractivity contribution in [3.63, 3.8) is 0 Å². The van der Waals surface area contributed by atoms with Gasteiger partial charge in [0.25, 0.3) is 0 Å². The van der Waals surface area contributed by atoms with Crippen molar-refractivity contribution in [3.8, 4) is 0 Å². The number of carbonyl (C=O) groups excluding carboxylic acids is 5. The van der Waals surface area contributed by atoms with Gasteiger partial charge in [-0.05, 0) is 112 Å². The van der Waals surface area contributed by atoms with E-state index in [-0.39, 0.29) is 71.1 Å². The average Bonchev–Trinajstić information content (AvgIpc) is 3.48. The van der Waals surface area contributed by atoms with E-state index in [2.05, 4.69) is 26.5 Å². The number of unbranched alkanes of at least 4 members (excludes halogenated alkanes) is 2. The molecule has 3 fully saturated rings. The average molecular weight is 783 g/mol. The first-order chi connectivity index (χ1) is 25.5. The van der Waals surface area contributed by atoms with Gasteiger partial charge in [0, 0.05) is 37.3 Å². The fourth-order valence-corrected chi connectivity index (χ4v) is 9.24. The summed E-state index contributed by atoms with van der Waals surface area (Å²) in [5.74, 6) is 1.05. The standard InChI is InChI=1S/C24H34O5S.C9H19NO.C6H15NO.C2H6N2O/c1-23-9-8-15(25)10-14(23)4-5-16-17-6-7-18(20(27)12-29-21(28)13-30-3)24(17,2)11-19(26)22(16)23;1-8(2)9(11)6-4-3-5-7-10;1-3-6(7)5-8-4-2;3-1-2(4)5/h10,16-19,22,26H,4-9,11-13H2,1-3H3;8H,3-7,10H2,1-2H3;6H,3-5,7H2,1-2H3;1,3H2,(H2,4,5)/t;;6-;/m..1./s1. The Hall–Kier alpha value is -2.16. The number of amides is 1. The van der Waals surface area contributed by atoms with Crippen molar-refractivity contribution < 1.29 is 38.6 Å². The van der Waals surface area contributed by atoms with Crippen molar-refractivity contribution in [1.82, 2.24) is 0 Å². The quantitative estimate of drug-likeness (QED) is 0.108. The lowest BCUT2D eigenvalue weighted by atomic mass is 9.46. The number of carbonyl (C=O) groups is 5. The molecule has 4 rings (SSSR count). The number of fused-ring (bicyclic) bond motifs is 5. The van der Waals surface area contributed by atoms with Gasteiger partial charge < -0.3 is 37.5 Å². The van der Waals surface area contributed by atoms with Crippen LogP contribution in [-0.4, -0.2) is 91.4 Å². The number of aliphatic hydroxyl groups is 1. The van der Waals surface area contributed by atoms with Gasteiger partial charge in [-0.2, -0.15) is 11.8 Å². The zero-order chi connectivity index (χ0) is 41.1. The number of allylic oxidation sites excluding steroid dienone is 1. The number of ketones is 3. The number of thioether (sulfide) groups is 1. The predicted octanol–water partition coefficient (Wildman–Crippen LogP) is 4.50. The van der Waals surface area contributed by atoms with Crippen molar-refractivity contribution in [1.29, 1.82) is 0 Å². The maximum atomic E-state index is 13.0. The summed E-state index contributed by atoms with van der Waals surface area (Å²) in [4.78, 5) is 57.2. The fraction of sp³-hybridized carbons (Fsp3) is 0.829. The lowest BCUT2D eigenvalue weighted by Crippen LogP contribution is -2.57. The van der Waals surface area contributed by atoms with Crippen LogP contribution in [0.15, 0.2) is 11.6 Å². The van der Waals surface area contributed by atoms with E-state index in [0.717, 1.165) is 77.4 Å². The van der Waals surface area contributed by atoms with Crippen LogP contribution in [0.5, 0.6) is 0 Å². The van der Waals surface area contributed by atoms with Gasteiger partial charge in [-0.3, -0.25) is 24.0 Å². The molecule has 4 aliphatic carbocycles. The molecule has 0 saturated heterocycles. The Kier molecular flexibility index (Phi) is 23.2. The van der Waals surface area contributed by atoms with Gasteiger partial charge in [-0.1, -0.05) is 46.6 Å². The highest BCUT2D eigenvalue weighted by Crippen LogP contribution is 2.66. The number of nitrogens with two attached hydrogens (primary N) is 4. The van der Waals surface area contributed by atoms with Crippen LogP contribution in [0.25, 0.3) is 0 Å². The van der Waals surface area contributed by atoms with E-state index in [1.165, 1.54) is 17.3 Å². The van der Waals surface area contributed by atoms with Crippen molar-refractivity contribution in [3.05, 3.63) is 11.6 Å². The Morgan fingerprint density at radius 3 is 2.26 bits per heavy atom. The SMILES string of the molecule is CC(C)C(=O)CCCCCN.CCOC[C@H](N)CC.CSCC(=O)OCC(=O)C1CCC2C3CCC4=CC(=O)CCC4(C)C3C(O)CC12C.NCC(N)=O. The number of Topliss-reactive ketones (excluding diaryl/α,β-unsaturated/α-hetero) is 2. The first kappa shape index (κ1) is 49.9. The summed E-state index contributed by atoms with van der Waals surface area (Å²) in [7, 11) is 0. The highest BCUT2D eigenvalue weighted by Gasteiger charge is 2.62. The van der Waals surface area contributed by atoms with Crippen LogP contribution in [0.3, 0.4) is 0 Å². The van der Waals surface area contributed by atoms with E-state index in [9.17, 15) is 29.1 Å². The molecule has 13 heteroatoms. The molecule has 0 aromatic heterocycles. The van der Waals surface area contributed by atoms with Crippen LogP contribution in [0.4, 0.5) is 0 Å². The molecule has 7 unspecified atom stereocenters. The molecule has 0 bridgehead atoms. The van der Waals surface area contributed by atoms with Crippen LogP contribution in [0, 0.1) is 40.4 Å². The lowest BCUT2D eigenvalue weighted by Gasteiger charge is -2.59. The molecule has 4 aliphatic rings. The molecule has 312 valence electrons. The smallest absolute Gasteiger partial charge is 0.316 e. The molecular formula is C41H74N4O8S. The summed E-state index contributed by atoms with van der Waals surface area (Å²) >= 11 is 1.39. The van der Waals surface area contributed by atoms with Crippen molar-refractivity contribution in [2.75, 3.05) is 44.9 Å². The Morgan fingerprint density at radius 1 is 1.04 bits per heavy atom. The Morgan fingerprint density at radius 2 is 1.70 bits per heavy atom. The first-order valence-electron chi connectivity index (χ1n) is 20.1. The molecule has 54 heavy (non-hydrogen) atoms. The molecule has 0 radical (unpaired) electrons. The minimum atomic E-state index is -0.468. The third-order valence-electron chi connectivity index (χ3n) is 12.0. The molecule has 0 aromatic rings. The maximum absolute atomic E-state index is 13.0. The van der Waals surface area contributed by atoms with Gasteiger partial charge in [0.05, 0.1) is 25.0 Å². The van der Waals surface area contributed by atoms with Crippen LogP contribution in [-0.2, 0) is 33.4 Å². The second-order valence-corrected chi connectivity index (χ2v) is 16.9. The summed E-state index contributed by atoms with van der Waals surface area (Å²) in [6.07, 6.45) is 13.8. The van der Waals surface area contributed by atoms with Gasteiger partial charge in [0.15, 0.2) is 11.6 Å². The van der Waals surface area contributed by atoms with E-state index >= 15 is 0 Å². The summed E-state index contributed by atoms with van der Waals surface area (Å²) in [6, 6.07) is 0.231. The summed E-state index contributed by atoms with van der Waals surface area (Å²) in [5.41, 5.74) is 21.0. The van der Waals surface area contributed by atoms with Crippen molar-refractivity contribution in [2.24, 2.45) is 63.4 Å². The molecular weight excluding hydrogens is 709 g/mol. The van der Waals surface area contributed by atoms with E-state index in [0.29, 0.717) is 37.1 Å². The molecule has 8 atom stereocenters. The largest absolute Gasteiger partial charge is 0.457 e. The molecule has 0 spiro atoms. The summed E-state index contributed by atoms with van der Waals surface area (Å²) in [6.45, 7) is 14.4. The van der Waals surface area contributed by atoms with Crippen LogP contribution in [0.2, 0.25) is 0 Å². The normalized spacial score (nSPS) is 28.6. The highest BCUT2D eigenvalue weighted by atomic mass is 32.2. The number of esters is 1. The van der Waals surface area contributed by atoms with Gasteiger partial charge in [0.1, 0.15) is 12.4 Å². The van der Waals surface area contributed by atoms with Crippen molar-refractivity contribution >= 4 is 41.0 Å². The first-order valence-corrected chi connectivity index (χ1v) is 21.5. The third-order valence-corrected chi connectivity index (χ3v) is 12.5. The van der Waals surface area contributed by atoms with Crippen molar-refractivity contribution in [2.45, 2.75) is 131 Å². The third kappa shape index (κ3) is 15.1.